The van der Waals surface area contributed by atoms with E-state index in [2.05, 4.69) is 0 Å². The van der Waals surface area contributed by atoms with Crippen molar-refractivity contribution < 1.29 is 5.11 Å². The summed E-state index contributed by atoms with van der Waals surface area (Å²) in [5.41, 5.74) is 6.11. The van der Waals surface area contributed by atoms with Crippen LogP contribution in [0.4, 0.5) is 0 Å². The fourth-order valence-corrected chi connectivity index (χ4v) is 2.17. The SMILES string of the molecule is CSc1cccc(Cl)c1C(O)CN. The molecule has 0 saturated heterocycles. The first kappa shape index (κ1) is 10.9. The van der Waals surface area contributed by atoms with Gasteiger partial charge in [-0.1, -0.05) is 17.7 Å². The van der Waals surface area contributed by atoms with Crippen LogP contribution in [0.15, 0.2) is 23.1 Å². The van der Waals surface area contributed by atoms with Crippen molar-refractivity contribution >= 4 is 23.4 Å². The first-order valence-corrected chi connectivity index (χ1v) is 5.51. The highest BCUT2D eigenvalue weighted by Crippen LogP contribution is 2.31. The summed E-state index contributed by atoms with van der Waals surface area (Å²) in [6, 6.07) is 5.54. The maximum atomic E-state index is 9.60. The quantitative estimate of drug-likeness (QED) is 0.762. The maximum absolute atomic E-state index is 9.60. The predicted octanol–water partition coefficient (Wildman–Crippen LogP) is 2.05. The molecular weight excluding hydrogens is 206 g/mol. The summed E-state index contributed by atoms with van der Waals surface area (Å²) in [7, 11) is 0. The first-order valence-electron chi connectivity index (χ1n) is 3.91. The number of thioether (sulfide) groups is 1. The third kappa shape index (κ3) is 2.38. The lowest BCUT2D eigenvalue weighted by Crippen LogP contribution is -2.12. The molecule has 0 fully saturated rings. The van der Waals surface area contributed by atoms with Crippen LogP contribution in [0.3, 0.4) is 0 Å². The zero-order valence-corrected chi connectivity index (χ0v) is 8.90. The monoisotopic (exact) mass is 217 g/mol. The summed E-state index contributed by atoms with van der Waals surface area (Å²) < 4.78 is 0. The van der Waals surface area contributed by atoms with Crippen molar-refractivity contribution in [2.45, 2.75) is 11.0 Å². The Morgan fingerprint density at radius 2 is 2.31 bits per heavy atom. The summed E-state index contributed by atoms with van der Waals surface area (Å²) in [4.78, 5) is 0.977. The van der Waals surface area contributed by atoms with Crippen LogP contribution in [0.1, 0.15) is 11.7 Å². The molecule has 1 rings (SSSR count). The van der Waals surface area contributed by atoms with Crippen LogP contribution in [0, 0.1) is 0 Å². The van der Waals surface area contributed by atoms with E-state index in [0.29, 0.717) is 5.02 Å². The Kier molecular flexibility index (Phi) is 4.06. The van der Waals surface area contributed by atoms with Gasteiger partial charge in [0.05, 0.1) is 6.10 Å². The number of halogens is 1. The highest BCUT2D eigenvalue weighted by atomic mass is 35.5. The van der Waals surface area contributed by atoms with Crippen LogP contribution in [0.2, 0.25) is 5.02 Å². The fraction of sp³-hybridized carbons (Fsp3) is 0.333. The molecule has 2 nitrogen and oxygen atoms in total. The average molecular weight is 218 g/mol. The van der Waals surface area contributed by atoms with Crippen LogP contribution in [0.5, 0.6) is 0 Å². The maximum Gasteiger partial charge on any atom is 0.0937 e. The van der Waals surface area contributed by atoms with E-state index in [1.807, 2.05) is 18.4 Å². The first-order chi connectivity index (χ1) is 6.20. The minimum absolute atomic E-state index is 0.192. The van der Waals surface area contributed by atoms with Gasteiger partial charge in [-0.25, -0.2) is 0 Å². The van der Waals surface area contributed by atoms with Gasteiger partial charge in [-0.15, -0.1) is 11.8 Å². The molecule has 0 aromatic heterocycles. The lowest BCUT2D eigenvalue weighted by molar-refractivity contribution is 0.184. The standard InChI is InChI=1S/C9H12ClNOS/c1-13-8-4-2-3-6(10)9(8)7(12)5-11/h2-4,7,12H,5,11H2,1H3. The summed E-state index contributed by atoms with van der Waals surface area (Å²) in [6.07, 6.45) is 1.27. The molecule has 0 aliphatic carbocycles. The minimum Gasteiger partial charge on any atom is -0.387 e. The third-order valence-electron chi connectivity index (χ3n) is 1.79. The lowest BCUT2D eigenvalue weighted by Gasteiger charge is -2.13. The van der Waals surface area contributed by atoms with Gasteiger partial charge in [0.15, 0.2) is 0 Å². The molecule has 0 spiro atoms. The van der Waals surface area contributed by atoms with Crippen molar-refractivity contribution in [3.05, 3.63) is 28.8 Å². The Labute approximate surface area is 87.1 Å². The molecule has 0 aliphatic rings. The van der Waals surface area contributed by atoms with Crippen molar-refractivity contribution in [2.75, 3.05) is 12.8 Å². The zero-order chi connectivity index (χ0) is 9.84. The molecule has 1 aromatic rings. The van der Waals surface area contributed by atoms with E-state index in [9.17, 15) is 5.11 Å². The Bertz CT molecular complexity index is 293. The van der Waals surface area contributed by atoms with E-state index >= 15 is 0 Å². The minimum atomic E-state index is -0.670. The second-order valence-corrected chi connectivity index (χ2v) is 3.86. The van der Waals surface area contributed by atoms with Crippen molar-refractivity contribution in [2.24, 2.45) is 5.73 Å². The molecule has 0 bridgehead atoms. The van der Waals surface area contributed by atoms with E-state index in [1.54, 1.807) is 17.8 Å². The number of aliphatic hydroxyl groups excluding tert-OH is 1. The van der Waals surface area contributed by atoms with E-state index < -0.39 is 6.10 Å². The van der Waals surface area contributed by atoms with Crippen LogP contribution in [0.25, 0.3) is 0 Å². The van der Waals surface area contributed by atoms with Gasteiger partial charge < -0.3 is 10.8 Å². The van der Waals surface area contributed by atoms with Gasteiger partial charge in [0, 0.05) is 22.0 Å². The topological polar surface area (TPSA) is 46.2 Å². The largest absolute Gasteiger partial charge is 0.387 e. The molecule has 0 amide bonds. The van der Waals surface area contributed by atoms with Gasteiger partial charge in [0.2, 0.25) is 0 Å². The molecule has 1 unspecified atom stereocenters. The predicted molar refractivity (Wildman–Crippen MR) is 57.2 cm³/mol. The smallest absolute Gasteiger partial charge is 0.0937 e. The average Bonchev–Trinajstić information content (AvgIpc) is 2.16. The molecule has 72 valence electrons. The van der Waals surface area contributed by atoms with Crippen LogP contribution in [-0.2, 0) is 0 Å². The number of benzene rings is 1. The second kappa shape index (κ2) is 4.86. The van der Waals surface area contributed by atoms with Crippen molar-refractivity contribution in [3.8, 4) is 0 Å². The van der Waals surface area contributed by atoms with E-state index in [0.717, 1.165) is 10.5 Å². The molecule has 0 aliphatic heterocycles. The van der Waals surface area contributed by atoms with Crippen molar-refractivity contribution in [3.63, 3.8) is 0 Å². The Morgan fingerprint density at radius 3 is 2.85 bits per heavy atom. The molecule has 4 heteroatoms. The van der Waals surface area contributed by atoms with Gasteiger partial charge in [0.25, 0.3) is 0 Å². The number of rotatable bonds is 3. The molecule has 1 aromatic carbocycles. The second-order valence-electron chi connectivity index (χ2n) is 2.61. The highest BCUT2D eigenvalue weighted by molar-refractivity contribution is 7.98. The van der Waals surface area contributed by atoms with Gasteiger partial charge in [-0.05, 0) is 18.4 Å². The van der Waals surface area contributed by atoms with E-state index in [-0.39, 0.29) is 6.54 Å². The van der Waals surface area contributed by atoms with Gasteiger partial charge in [0.1, 0.15) is 0 Å². The normalized spacial score (nSPS) is 12.9. The molecule has 13 heavy (non-hydrogen) atoms. The van der Waals surface area contributed by atoms with Crippen molar-refractivity contribution in [1.29, 1.82) is 0 Å². The van der Waals surface area contributed by atoms with Crippen molar-refractivity contribution in [1.82, 2.24) is 0 Å². The molecular formula is C9H12ClNOS. The molecule has 3 N–H and O–H groups in total. The summed E-state index contributed by atoms with van der Waals surface area (Å²) in [5.74, 6) is 0. The number of aliphatic hydroxyl groups is 1. The Balaban J connectivity index is 3.14. The van der Waals surface area contributed by atoms with E-state index in [4.69, 9.17) is 17.3 Å². The van der Waals surface area contributed by atoms with Crippen LogP contribution in [-0.4, -0.2) is 17.9 Å². The lowest BCUT2D eigenvalue weighted by atomic mass is 10.1. The number of hydrogen-bond donors (Lipinski definition) is 2. The Morgan fingerprint density at radius 1 is 1.62 bits per heavy atom. The Hall–Kier alpha value is -0.220. The van der Waals surface area contributed by atoms with Gasteiger partial charge in [-0.2, -0.15) is 0 Å². The highest BCUT2D eigenvalue weighted by Gasteiger charge is 2.13. The number of hydrogen-bond acceptors (Lipinski definition) is 3. The molecule has 1 atom stereocenters. The zero-order valence-electron chi connectivity index (χ0n) is 7.33. The van der Waals surface area contributed by atoms with Crippen LogP contribution >= 0.6 is 23.4 Å². The summed E-state index contributed by atoms with van der Waals surface area (Å²) >= 11 is 7.51. The fourth-order valence-electron chi connectivity index (χ4n) is 1.14. The van der Waals surface area contributed by atoms with Gasteiger partial charge >= 0.3 is 0 Å². The summed E-state index contributed by atoms with van der Waals surface area (Å²) in [6.45, 7) is 0.192. The summed E-state index contributed by atoms with van der Waals surface area (Å²) in [5, 5.41) is 10.2. The molecule has 0 radical (unpaired) electrons. The van der Waals surface area contributed by atoms with Gasteiger partial charge in [-0.3, -0.25) is 0 Å². The molecule has 0 heterocycles. The molecule has 0 saturated carbocycles. The van der Waals surface area contributed by atoms with E-state index in [1.165, 1.54) is 0 Å². The van der Waals surface area contributed by atoms with Crippen LogP contribution < -0.4 is 5.73 Å². The number of nitrogens with two attached hydrogens (primary N) is 1. The third-order valence-corrected chi connectivity index (χ3v) is 2.91.